The summed E-state index contributed by atoms with van der Waals surface area (Å²) in [4.78, 5) is 0. The van der Waals surface area contributed by atoms with Crippen molar-refractivity contribution in [2.45, 2.75) is 0 Å². The van der Waals surface area contributed by atoms with Crippen molar-refractivity contribution in [2.75, 3.05) is 0 Å². The van der Waals surface area contributed by atoms with Gasteiger partial charge in [-0.25, -0.2) is 0 Å². The van der Waals surface area contributed by atoms with Gasteiger partial charge in [0.2, 0.25) is 0 Å². The molecule has 3 rings (SSSR count). The number of benzene rings is 3. The quantitative estimate of drug-likeness (QED) is 0.574. The van der Waals surface area contributed by atoms with Crippen LogP contribution in [-0.2, 0) is 0 Å². The van der Waals surface area contributed by atoms with Crippen molar-refractivity contribution in [3.05, 3.63) is 58.1 Å². The molecule has 0 aliphatic heterocycles. The monoisotopic (exact) mass is 306 g/mol. The summed E-state index contributed by atoms with van der Waals surface area (Å²) in [5.74, 6) is 0. The predicted octanol–water partition coefficient (Wildman–Crippen LogP) is 4.50. The molecule has 0 saturated carbocycles. The molecule has 0 aliphatic carbocycles. The van der Waals surface area contributed by atoms with Crippen molar-refractivity contribution in [3.8, 4) is 12.1 Å². The molecule has 3 heteroatoms. The molecule has 0 aromatic heterocycles. The lowest BCUT2D eigenvalue weighted by Gasteiger charge is -2.08. The van der Waals surface area contributed by atoms with E-state index in [9.17, 15) is 10.5 Å². The minimum atomic E-state index is 0.618. The lowest BCUT2D eigenvalue weighted by atomic mass is 9.98. The van der Waals surface area contributed by atoms with E-state index in [4.69, 9.17) is 0 Å². The van der Waals surface area contributed by atoms with Gasteiger partial charge in [0, 0.05) is 15.2 Å². The molecule has 0 atom stereocenters. The summed E-state index contributed by atoms with van der Waals surface area (Å²) in [6.07, 6.45) is 0. The molecular weight excluding hydrogens is 300 g/mol. The van der Waals surface area contributed by atoms with E-state index in [0.717, 1.165) is 26.0 Å². The topological polar surface area (TPSA) is 47.6 Å². The Hall–Kier alpha value is -2.36. The van der Waals surface area contributed by atoms with Gasteiger partial charge < -0.3 is 0 Å². The van der Waals surface area contributed by atoms with Crippen molar-refractivity contribution in [2.24, 2.45) is 0 Å². The molecule has 3 aromatic carbocycles. The molecule has 3 aromatic rings. The molecular formula is C16H7BrN2. The molecule has 0 spiro atoms. The van der Waals surface area contributed by atoms with Gasteiger partial charge >= 0.3 is 0 Å². The summed E-state index contributed by atoms with van der Waals surface area (Å²) in [7, 11) is 0. The SMILES string of the molecule is N#Cc1cccc2c(Br)c3cccc(C#N)c3cc12. The maximum Gasteiger partial charge on any atom is 0.0998 e. The van der Waals surface area contributed by atoms with E-state index in [1.807, 2.05) is 30.3 Å². The van der Waals surface area contributed by atoms with E-state index in [1.54, 1.807) is 12.1 Å². The smallest absolute Gasteiger partial charge is 0.0998 e. The highest BCUT2D eigenvalue weighted by atomic mass is 79.9. The van der Waals surface area contributed by atoms with Gasteiger partial charge in [-0.1, -0.05) is 24.3 Å². The summed E-state index contributed by atoms with van der Waals surface area (Å²) in [6.45, 7) is 0. The van der Waals surface area contributed by atoms with Gasteiger partial charge in [0.1, 0.15) is 0 Å². The zero-order valence-corrected chi connectivity index (χ0v) is 11.4. The van der Waals surface area contributed by atoms with Crippen LogP contribution >= 0.6 is 15.9 Å². The third-order valence-electron chi connectivity index (χ3n) is 3.21. The predicted molar refractivity (Wildman–Crippen MR) is 78.6 cm³/mol. The zero-order valence-electron chi connectivity index (χ0n) is 9.81. The molecule has 19 heavy (non-hydrogen) atoms. The van der Waals surface area contributed by atoms with Crippen LogP contribution in [0.15, 0.2) is 46.9 Å². The molecule has 0 saturated heterocycles. The van der Waals surface area contributed by atoms with Crippen LogP contribution in [0.25, 0.3) is 21.5 Å². The number of nitrogens with zero attached hydrogens (tertiary/aromatic N) is 2. The molecule has 0 heterocycles. The fourth-order valence-corrected chi connectivity index (χ4v) is 3.00. The third-order valence-corrected chi connectivity index (χ3v) is 4.07. The van der Waals surface area contributed by atoms with Crippen LogP contribution in [0.5, 0.6) is 0 Å². The molecule has 2 nitrogen and oxygen atoms in total. The van der Waals surface area contributed by atoms with Gasteiger partial charge in [-0.3, -0.25) is 0 Å². The van der Waals surface area contributed by atoms with Crippen LogP contribution in [0.4, 0.5) is 0 Å². The standard InChI is InChI=1S/C16H7BrN2/c17-16-12-5-1-3-10(8-18)14(12)7-15-11(9-19)4-2-6-13(15)16/h1-7H. The van der Waals surface area contributed by atoms with Gasteiger partial charge in [0.25, 0.3) is 0 Å². The normalized spacial score (nSPS) is 10.3. The Morgan fingerprint density at radius 3 is 1.63 bits per heavy atom. The van der Waals surface area contributed by atoms with Gasteiger partial charge in [-0.05, 0) is 44.9 Å². The summed E-state index contributed by atoms with van der Waals surface area (Å²) < 4.78 is 0.925. The average Bonchev–Trinajstić information content (AvgIpc) is 2.46. The van der Waals surface area contributed by atoms with Crippen molar-refractivity contribution >= 4 is 37.5 Å². The van der Waals surface area contributed by atoms with Gasteiger partial charge in [0.05, 0.1) is 23.3 Å². The molecule has 0 N–H and O–H groups in total. The minimum Gasteiger partial charge on any atom is -0.192 e. The van der Waals surface area contributed by atoms with Crippen LogP contribution in [0.3, 0.4) is 0 Å². The highest BCUT2D eigenvalue weighted by Gasteiger charge is 2.10. The van der Waals surface area contributed by atoms with Crippen LogP contribution in [0.2, 0.25) is 0 Å². The van der Waals surface area contributed by atoms with Crippen molar-refractivity contribution in [3.63, 3.8) is 0 Å². The van der Waals surface area contributed by atoms with Crippen LogP contribution < -0.4 is 0 Å². The van der Waals surface area contributed by atoms with E-state index in [2.05, 4.69) is 28.1 Å². The van der Waals surface area contributed by atoms with Crippen molar-refractivity contribution < 1.29 is 0 Å². The number of halogens is 1. The van der Waals surface area contributed by atoms with E-state index in [-0.39, 0.29) is 0 Å². The first-order valence-electron chi connectivity index (χ1n) is 5.70. The number of fused-ring (bicyclic) bond motifs is 2. The first-order chi connectivity index (χ1) is 9.26. The number of hydrogen-bond donors (Lipinski definition) is 0. The maximum atomic E-state index is 9.19. The Morgan fingerprint density at radius 2 is 1.21 bits per heavy atom. The average molecular weight is 307 g/mol. The minimum absolute atomic E-state index is 0.618. The zero-order chi connectivity index (χ0) is 13.4. The Kier molecular flexibility index (Phi) is 2.71. The molecule has 0 bridgehead atoms. The summed E-state index contributed by atoms with van der Waals surface area (Å²) in [5, 5.41) is 22.1. The summed E-state index contributed by atoms with van der Waals surface area (Å²) in [6, 6.07) is 17.6. The maximum absolute atomic E-state index is 9.19. The lowest BCUT2D eigenvalue weighted by molar-refractivity contribution is 1.50. The fourth-order valence-electron chi connectivity index (χ4n) is 2.31. The molecule has 0 amide bonds. The Morgan fingerprint density at radius 1 is 0.737 bits per heavy atom. The Balaban J connectivity index is 2.62. The van der Waals surface area contributed by atoms with Crippen LogP contribution in [0, 0.1) is 22.7 Å². The molecule has 0 fully saturated rings. The summed E-state index contributed by atoms with van der Waals surface area (Å²) >= 11 is 3.59. The molecule has 88 valence electrons. The molecule has 0 unspecified atom stereocenters. The highest BCUT2D eigenvalue weighted by molar-refractivity contribution is 9.10. The highest BCUT2D eigenvalue weighted by Crippen LogP contribution is 2.35. The molecule has 0 aliphatic rings. The second kappa shape index (κ2) is 4.39. The van der Waals surface area contributed by atoms with Gasteiger partial charge in [-0.2, -0.15) is 10.5 Å². The second-order valence-electron chi connectivity index (χ2n) is 4.22. The lowest BCUT2D eigenvalue weighted by Crippen LogP contribution is -1.86. The molecule has 0 radical (unpaired) electrons. The van der Waals surface area contributed by atoms with E-state index < -0.39 is 0 Å². The van der Waals surface area contributed by atoms with E-state index in [0.29, 0.717) is 11.1 Å². The van der Waals surface area contributed by atoms with Gasteiger partial charge in [0.15, 0.2) is 0 Å². The van der Waals surface area contributed by atoms with E-state index in [1.165, 1.54) is 0 Å². The van der Waals surface area contributed by atoms with Crippen molar-refractivity contribution in [1.29, 1.82) is 10.5 Å². The summed E-state index contributed by atoms with van der Waals surface area (Å²) in [5.41, 5.74) is 1.24. The van der Waals surface area contributed by atoms with Crippen LogP contribution in [-0.4, -0.2) is 0 Å². The Labute approximate surface area is 118 Å². The second-order valence-corrected chi connectivity index (χ2v) is 5.01. The largest absolute Gasteiger partial charge is 0.192 e. The first kappa shape index (κ1) is 11.7. The fraction of sp³-hybridized carbons (Fsp3) is 0. The van der Waals surface area contributed by atoms with Gasteiger partial charge in [-0.15, -0.1) is 0 Å². The van der Waals surface area contributed by atoms with E-state index >= 15 is 0 Å². The number of nitriles is 2. The number of hydrogen-bond acceptors (Lipinski definition) is 2. The van der Waals surface area contributed by atoms with Crippen molar-refractivity contribution in [1.82, 2.24) is 0 Å². The Bertz CT molecular complexity index is 826. The van der Waals surface area contributed by atoms with Crippen LogP contribution in [0.1, 0.15) is 11.1 Å². The third kappa shape index (κ3) is 1.68. The first-order valence-corrected chi connectivity index (χ1v) is 6.49. The number of rotatable bonds is 0.